The summed E-state index contributed by atoms with van der Waals surface area (Å²) < 4.78 is 5.68. The summed E-state index contributed by atoms with van der Waals surface area (Å²) in [4.78, 5) is 37.3. The summed E-state index contributed by atoms with van der Waals surface area (Å²) >= 11 is 7.83. The molecule has 0 saturated carbocycles. The van der Waals surface area contributed by atoms with Gasteiger partial charge in [0.25, 0.3) is 0 Å². The summed E-state index contributed by atoms with van der Waals surface area (Å²) in [6.45, 7) is 3.59. The van der Waals surface area contributed by atoms with E-state index in [-0.39, 0.29) is 24.7 Å². The number of amides is 2. The molecule has 0 aliphatic carbocycles. The summed E-state index contributed by atoms with van der Waals surface area (Å²) in [7, 11) is 0. The lowest BCUT2D eigenvalue weighted by Gasteiger charge is -2.36. The summed E-state index contributed by atoms with van der Waals surface area (Å²) in [6, 6.07) is 11.3. The SMILES string of the molecule is O=C(CCC(=O)N1CCN(c2ccccc2Cl)CC1)NCCc1nc(COc2ccncc2)cs1. The maximum absolute atomic E-state index is 12.6. The minimum Gasteiger partial charge on any atom is -0.487 e. The number of anilines is 1. The fraction of sp³-hybridized carbons (Fsp3) is 0.360. The third-order valence-electron chi connectivity index (χ3n) is 5.69. The molecule has 1 fully saturated rings. The first-order valence-corrected chi connectivity index (χ1v) is 12.8. The molecule has 3 aromatic rings. The molecule has 10 heteroatoms. The third kappa shape index (κ3) is 7.40. The van der Waals surface area contributed by atoms with Crippen LogP contribution in [0.25, 0.3) is 0 Å². The minimum absolute atomic E-state index is 0.0118. The van der Waals surface area contributed by atoms with Crippen LogP contribution < -0.4 is 15.0 Å². The number of rotatable bonds is 10. The van der Waals surface area contributed by atoms with Gasteiger partial charge in [0.1, 0.15) is 12.4 Å². The van der Waals surface area contributed by atoms with E-state index in [1.165, 1.54) is 0 Å². The number of aromatic nitrogens is 2. The van der Waals surface area contributed by atoms with Crippen LogP contribution in [0.4, 0.5) is 5.69 Å². The Morgan fingerprint density at radius 1 is 1.06 bits per heavy atom. The lowest BCUT2D eigenvalue weighted by molar-refractivity contribution is -0.133. The standard InChI is InChI=1S/C25H28ClN5O3S/c26-21-3-1-2-4-22(21)30-13-15-31(16-14-30)25(33)6-5-23(32)28-12-9-24-29-19(18-35-24)17-34-20-7-10-27-11-8-20/h1-4,7-8,10-11,18H,5-6,9,12-17H2,(H,28,32). The highest BCUT2D eigenvalue weighted by molar-refractivity contribution is 7.09. The van der Waals surface area contributed by atoms with E-state index < -0.39 is 0 Å². The molecular formula is C25H28ClN5O3S. The van der Waals surface area contributed by atoms with Gasteiger partial charge in [-0.3, -0.25) is 14.6 Å². The average Bonchev–Trinajstić information content (AvgIpc) is 3.35. The van der Waals surface area contributed by atoms with Gasteiger partial charge in [-0.2, -0.15) is 0 Å². The smallest absolute Gasteiger partial charge is 0.223 e. The van der Waals surface area contributed by atoms with Crippen molar-refractivity contribution in [1.29, 1.82) is 0 Å². The Kier molecular flexibility index (Phi) is 8.91. The van der Waals surface area contributed by atoms with Gasteiger partial charge in [-0.1, -0.05) is 23.7 Å². The first-order valence-electron chi connectivity index (χ1n) is 11.6. The fourth-order valence-electron chi connectivity index (χ4n) is 3.80. The maximum Gasteiger partial charge on any atom is 0.223 e. The maximum atomic E-state index is 12.6. The van der Waals surface area contributed by atoms with Crippen LogP contribution in [-0.4, -0.2) is 59.4 Å². The van der Waals surface area contributed by atoms with Crippen molar-refractivity contribution in [2.75, 3.05) is 37.6 Å². The van der Waals surface area contributed by atoms with E-state index in [4.69, 9.17) is 16.3 Å². The Morgan fingerprint density at radius 3 is 2.60 bits per heavy atom. The Balaban J connectivity index is 1.11. The molecule has 0 radical (unpaired) electrons. The van der Waals surface area contributed by atoms with Crippen molar-refractivity contribution in [2.45, 2.75) is 25.9 Å². The minimum atomic E-state index is -0.120. The number of thiazole rings is 1. The van der Waals surface area contributed by atoms with Gasteiger partial charge >= 0.3 is 0 Å². The zero-order valence-corrected chi connectivity index (χ0v) is 20.9. The normalized spacial score (nSPS) is 13.5. The number of nitrogens with one attached hydrogen (secondary N) is 1. The summed E-state index contributed by atoms with van der Waals surface area (Å²) in [5, 5.41) is 6.50. The number of pyridine rings is 1. The van der Waals surface area contributed by atoms with E-state index in [2.05, 4.69) is 20.2 Å². The van der Waals surface area contributed by atoms with Gasteiger partial charge in [0.15, 0.2) is 0 Å². The van der Waals surface area contributed by atoms with E-state index in [1.807, 2.05) is 34.5 Å². The first-order chi connectivity index (χ1) is 17.1. The largest absolute Gasteiger partial charge is 0.487 e. The predicted octanol–water partition coefficient (Wildman–Crippen LogP) is 3.56. The van der Waals surface area contributed by atoms with Gasteiger partial charge in [-0.15, -0.1) is 11.3 Å². The monoisotopic (exact) mass is 513 g/mol. The van der Waals surface area contributed by atoms with Crippen molar-refractivity contribution in [1.82, 2.24) is 20.2 Å². The zero-order chi connectivity index (χ0) is 24.5. The number of nitrogens with zero attached hydrogens (tertiary/aromatic N) is 4. The van der Waals surface area contributed by atoms with E-state index >= 15 is 0 Å². The highest BCUT2D eigenvalue weighted by Gasteiger charge is 2.22. The van der Waals surface area contributed by atoms with Gasteiger partial charge in [-0.25, -0.2) is 4.98 Å². The van der Waals surface area contributed by atoms with E-state index in [0.29, 0.717) is 32.7 Å². The molecular weight excluding hydrogens is 486 g/mol. The van der Waals surface area contributed by atoms with Gasteiger partial charge < -0.3 is 19.9 Å². The molecule has 2 aromatic heterocycles. The number of ether oxygens (including phenoxy) is 1. The van der Waals surface area contributed by atoms with Gasteiger partial charge in [0.2, 0.25) is 11.8 Å². The van der Waals surface area contributed by atoms with Crippen molar-refractivity contribution in [3.8, 4) is 5.75 Å². The number of carbonyl (C=O) groups excluding carboxylic acids is 2. The van der Waals surface area contributed by atoms with Crippen LogP contribution in [0.3, 0.4) is 0 Å². The second kappa shape index (κ2) is 12.5. The van der Waals surface area contributed by atoms with Crippen molar-refractivity contribution in [3.05, 3.63) is 69.9 Å². The molecule has 4 rings (SSSR count). The molecule has 1 aromatic carbocycles. The van der Waals surface area contributed by atoms with E-state index in [0.717, 1.165) is 40.3 Å². The quantitative estimate of drug-likeness (QED) is 0.446. The van der Waals surface area contributed by atoms with Crippen LogP contribution in [0.1, 0.15) is 23.5 Å². The van der Waals surface area contributed by atoms with Gasteiger partial charge in [-0.05, 0) is 24.3 Å². The molecule has 1 N–H and O–H groups in total. The second-order valence-corrected chi connectivity index (χ2v) is 9.47. The highest BCUT2D eigenvalue weighted by atomic mass is 35.5. The van der Waals surface area contributed by atoms with Crippen molar-refractivity contribution >= 4 is 40.4 Å². The summed E-state index contributed by atoms with van der Waals surface area (Å²) in [6.07, 6.45) is 4.41. The number of para-hydroxylation sites is 1. The van der Waals surface area contributed by atoms with Crippen LogP contribution in [-0.2, 0) is 22.6 Å². The molecule has 0 bridgehead atoms. The number of halogens is 1. The number of benzene rings is 1. The van der Waals surface area contributed by atoms with Gasteiger partial charge in [0.05, 0.1) is 21.4 Å². The molecule has 8 nitrogen and oxygen atoms in total. The lowest BCUT2D eigenvalue weighted by atomic mass is 10.2. The van der Waals surface area contributed by atoms with Crippen molar-refractivity contribution < 1.29 is 14.3 Å². The van der Waals surface area contributed by atoms with Gasteiger partial charge in [0, 0.05) is 69.8 Å². The number of carbonyl (C=O) groups is 2. The molecule has 2 amide bonds. The lowest BCUT2D eigenvalue weighted by Crippen LogP contribution is -2.49. The number of hydrogen-bond acceptors (Lipinski definition) is 7. The Hall–Kier alpha value is -3.17. The highest BCUT2D eigenvalue weighted by Crippen LogP contribution is 2.26. The number of piperazine rings is 1. The second-order valence-electron chi connectivity index (χ2n) is 8.12. The van der Waals surface area contributed by atoms with E-state index in [1.54, 1.807) is 35.9 Å². The van der Waals surface area contributed by atoms with Crippen LogP contribution in [0.15, 0.2) is 54.2 Å². The van der Waals surface area contributed by atoms with Crippen molar-refractivity contribution in [3.63, 3.8) is 0 Å². The predicted molar refractivity (Wildman–Crippen MR) is 137 cm³/mol. The molecule has 1 aliphatic heterocycles. The molecule has 3 heterocycles. The van der Waals surface area contributed by atoms with Crippen LogP contribution in [0, 0.1) is 0 Å². The summed E-state index contributed by atoms with van der Waals surface area (Å²) in [5.74, 6) is 0.641. The molecule has 0 unspecified atom stereocenters. The Morgan fingerprint density at radius 2 is 1.83 bits per heavy atom. The molecule has 1 aliphatic rings. The topological polar surface area (TPSA) is 87.7 Å². The van der Waals surface area contributed by atoms with Crippen LogP contribution in [0.2, 0.25) is 5.02 Å². The average molecular weight is 514 g/mol. The van der Waals surface area contributed by atoms with Crippen LogP contribution >= 0.6 is 22.9 Å². The molecule has 0 atom stereocenters. The molecule has 35 heavy (non-hydrogen) atoms. The Labute approximate surface area is 213 Å². The number of hydrogen-bond donors (Lipinski definition) is 1. The third-order valence-corrected chi connectivity index (χ3v) is 6.97. The molecule has 1 saturated heterocycles. The zero-order valence-electron chi connectivity index (χ0n) is 19.4. The first kappa shape index (κ1) is 24.9. The summed E-state index contributed by atoms with van der Waals surface area (Å²) in [5.41, 5.74) is 1.85. The van der Waals surface area contributed by atoms with E-state index in [9.17, 15) is 9.59 Å². The molecule has 0 spiro atoms. The van der Waals surface area contributed by atoms with Crippen LogP contribution in [0.5, 0.6) is 5.75 Å². The fourth-order valence-corrected chi connectivity index (χ4v) is 4.84. The van der Waals surface area contributed by atoms with Crippen molar-refractivity contribution in [2.24, 2.45) is 0 Å². The molecule has 184 valence electrons. The Bertz CT molecular complexity index is 1120.